The monoisotopic (exact) mass is 438 g/mol. The average Bonchev–Trinajstić information content (AvgIpc) is 3.20. The fraction of sp³-hybridized carbons (Fsp3) is 0.0385. The number of halogens is 1. The molecule has 4 aromatic carbocycles. The second-order valence-corrected chi connectivity index (χ2v) is 7.98. The highest BCUT2D eigenvalue weighted by molar-refractivity contribution is 9.10. The van der Waals surface area contributed by atoms with E-state index < -0.39 is 5.54 Å². The van der Waals surface area contributed by atoms with E-state index in [9.17, 15) is 0 Å². The molecule has 0 spiro atoms. The zero-order valence-corrected chi connectivity index (χ0v) is 17.3. The number of hydrogen-bond donors (Lipinski definition) is 0. The summed E-state index contributed by atoms with van der Waals surface area (Å²) in [6.45, 7) is 0. The molecule has 0 aliphatic rings. The summed E-state index contributed by atoms with van der Waals surface area (Å²) < 4.78 is 3.20. The third-order valence-electron chi connectivity index (χ3n) is 5.43. The normalized spacial score (nSPS) is 11.6. The minimum Gasteiger partial charge on any atom is -0.245 e. The van der Waals surface area contributed by atoms with Crippen molar-refractivity contribution < 1.29 is 0 Å². The van der Waals surface area contributed by atoms with Crippen LogP contribution in [0.1, 0.15) is 16.7 Å². The Morgan fingerprint density at radius 2 is 1.10 bits per heavy atom. The van der Waals surface area contributed by atoms with Crippen LogP contribution in [0.4, 0.5) is 0 Å². The molecule has 5 rings (SSSR count). The molecule has 29 heavy (non-hydrogen) atoms. The predicted octanol–water partition coefficient (Wildman–Crippen LogP) is 6.64. The van der Waals surface area contributed by atoms with Gasteiger partial charge in [0.25, 0.3) is 0 Å². The Morgan fingerprint density at radius 1 is 0.621 bits per heavy atom. The first kappa shape index (κ1) is 17.9. The molecule has 1 aromatic heterocycles. The van der Waals surface area contributed by atoms with Crippen molar-refractivity contribution in [2.24, 2.45) is 0 Å². The molecule has 2 nitrogen and oxygen atoms in total. The van der Waals surface area contributed by atoms with E-state index in [4.69, 9.17) is 5.10 Å². The van der Waals surface area contributed by atoms with Gasteiger partial charge in [-0.15, -0.1) is 0 Å². The molecule has 0 bridgehead atoms. The van der Waals surface area contributed by atoms with Crippen LogP contribution in [0.25, 0.3) is 10.9 Å². The highest BCUT2D eigenvalue weighted by Gasteiger charge is 2.40. The predicted molar refractivity (Wildman–Crippen MR) is 122 cm³/mol. The Labute approximate surface area is 178 Å². The number of hydrogen-bond acceptors (Lipinski definition) is 1. The van der Waals surface area contributed by atoms with E-state index in [0.717, 1.165) is 15.4 Å². The van der Waals surface area contributed by atoms with Crippen LogP contribution in [-0.2, 0) is 5.54 Å². The van der Waals surface area contributed by atoms with Gasteiger partial charge in [-0.3, -0.25) is 0 Å². The van der Waals surface area contributed by atoms with Crippen molar-refractivity contribution in [1.82, 2.24) is 9.78 Å². The zero-order valence-electron chi connectivity index (χ0n) is 15.7. The van der Waals surface area contributed by atoms with Crippen molar-refractivity contribution in [2.45, 2.75) is 5.54 Å². The molecule has 1 heterocycles. The van der Waals surface area contributed by atoms with Gasteiger partial charge in [-0.2, -0.15) is 5.10 Å². The summed E-state index contributed by atoms with van der Waals surface area (Å²) in [6, 6.07) is 38.2. The SMILES string of the molecule is Brc1ccc2cnn(C(c3ccccc3)(c3ccccc3)c3ccccc3)c2c1. The molecule has 0 amide bonds. The maximum absolute atomic E-state index is 4.93. The maximum atomic E-state index is 4.93. The second kappa shape index (κ2) is 7.34. The molecule has 0 atom stereocenters. The van der Waals surface area contributed by atoms with Gasteiger partial charge in [-0.1, -0.05) is 113 Å². The Morgan fingerprint density at radius 3 is 1.59 bits per heavy atom. The molecular weight excluding hydrogens is 420 g/mol. The first-order chi connectivity index (χ1) is 14.3. The van der Waals surface area contributed by atoms with E-state index in [0.29, 0.717) is 0 Å². The van der Waals surface area contributed by atoms with E-state index in [1.807, 2.05) is 6.20 Å². The van der Waals surface area contributed by atoms with Crippen LogP contribution in [0.2, 0.25) is 0 Å². The minimum atomic E-state index is -0.591. The zero-order chi connectivity index (χ0) is 19.7. The molecule has 0 aliphatic heterocycles. The molecule has 0 saturated heterocycles. The quantitative estimate of drug-likeness (QED) is 0.287. The van der Waals surface area contributed by atoms with E-state index in [1.165, 1.54) is 16.7 Å². The Bertz CT molecular complexity index is 1150. The van der Waals surface area contributed by atoms with Crippen LogP contribution in [0.5, 0.6) is 0 Å². The summed E-state index contributed by atoms with van der Waals surface area (Å²) >= 11 is 3.65. The second-order valence-electron chi connectivity index (χ2n) is 7.07. The molecule has 140 valence electrons. The third-order valence-corrected chi connectivity index (χ3v) is 5.92. The highest BCUT2D eigenvalue weighted by atomic mass is 79.9. The van der Waals surface area contributed by atoms with Gasteiger partial charge in [0.2, 0.25) is 0 Å². The number of rotatable bonds is 4. The van der Waals surface area contributed by atoms with E-state index >= 15 is 0 Å². The van der Waals surface area contributed by atoms with Crippen LogP contribution in [0, 0.1) is 0 Å². The summed E-state index contributed by atoms with van der Waals surface area (Å²) in [4.78, 5) is 0. The molecule has 3 heteroatoms. The van der Waals surface area contributed by atoms with Crippen LogP contribution in [-0.4, -0.2) is 9.78 Å². The molecule has 0 aliphatic carbocycles. The topological polar surface area (TPSA) is 17.8 Å². The number of benzene rings is 4. The molecule has 0 fully saturated rings. The molecule has 0 radical (unpaired) electrons. The van der Waals surface area contributed by atoms with Gasteiger partial charge >= 0.3 is 0 Å². The molecule has 0 unspecified atom stereocenters. The Hall–Kier alpha value is -3.17. The summed E-state index contributed by atoms with van der Waals surface area (Å²) in [6.07, 6.45) is 1.95. The highest BCUT2D eigenvalue weighted by Crippen LogP contribution is 2.42. The van der Waals surface area contributed by atoms with Gasteiger partial charge in [0.1, 0.15) is 5.54 Å². The van der Waals surface area contributed by atoms with Crippen LogP contribution >= 0.6 is 15.9 Å². The molecule has 5 aromatic rings. The van der Waals surface area contributed by atoms with Gasteiger partial charge in [-0.05, 0) is 28.8 Å². The van der Waals surface area contributed by atoms with Gasteiger partial charge in [0.05, 0.1) is 11.7 Å². The first-order valence-electron chi connectivity index (χ1n) is 9.60. The van der Waals surface area contributed by atoms with Crippen LogP contribution in [0.3, 0.4) is 0 Å². The van der Waals surface area contributed by atoms with Gasteiger partial charge in [0.15, 0.2) is 0 Å². The standard InChI is InChI=1S/C26H19BrN2/c27-24-17-16-20-19-28-29(25(20)18-24)26(21-10-4-1-5-11-21,22-12-6-2-7-13-22)23-14-8-3-9-15-23/h1-19H. The van der Waals surface area contributed by atoms with Crippen molar-refractivity contribution in [2.75, 3.05) is 0 Å². The largest absolute Gasteiger partial charge is 0.245 e. The van der Waals surface area contributed by atoms with Gasteiger partial charge in [-0.25, -0.2) is 4.68 Å². The van der Waals surface area contributed by atoms with E-state index in [-0.39, 0.29) is 0 Å². The summed E-state index contributed by atoms with van der Waals surface area (Å²) in [5.41, 5.74) is 4.00. The number of aromatic nitrogens is 2. The number of fused-ring (bicyclic) bond motifs is 1. The van der Waals surface area contributed by atoms with E-state index in [1.54, 1.807) is 0 Å². The number of nitrogens with zero attached hydrogens (tertiary/aromatic N) is 2. The lowest BCUT2D eigenvalue weighted by atomic mass is 9.77. The fourth-order valence-corrected chi connectivity index (χ4v) is 4.51. The van der Waals surface area contributed by atoms with Gasteiger partial charge in [0, 0.05) is 9.86 Å². The maximum Gasteiger partial charge on any atom is 0.138 e. The smallest absolute Gasteiger partial charge is 0.138 e. The molecule has 0 saturated carbocycles. The average molecular weight is 439 g/mol. The van der Waals surface area contributed by atoms with Gasteiger partial charge < -0.3 is 0 Å². The lowest BCUT2D eigenvalue weighted by Crippen LogP contribution is -2.38. The van der Waals surface area contributed by atoms with Crippen LogP contribution in [0.15, 0.2) is 120 Å². The summed E-state index contributed by atoms with van der Waals surface area (Å²) in [7, 11) is 0. The fourth-order valence-electron chi connectivity index (χ4n) is 4.16. The first-order valence-corrected chi connectivity index (χ1v) is 10.4. The van der Waals surface area contributed by atoms with Crippen molar-refractivity contribution in [3.05, 3.63) is 137 Å². The molecule has 0 N–H and O–H groups in total. The lowest BCUT2D eigenvalue weighted by molar-refractivity contribution is 0.476. The lowest BCUT2D eigenvalue weighted by Gasteiger charge is -2.37. The van der Waals surface area contributed by atoms with Crippen molar-refractivity contribution in [3.63, 3.8) is 0 Å². The Balaban J connectivity index is 1.97. The van der Waals surface area contributed by atoms with Crippen molar-refractivity contribution in [1.29, 1.82) is 0 Å². The van der Waals surface area contributed by atoms with Crippen molar-refractivity contribution in [3.8, 4) is 0 Å². The van der Waals surface area contributed by atoms with Crippen molar-refractivity contribution >= 4 is 26.8 Å². The van der Waals surface area contributed by atoms with E-state index in [2.05, 4.69) is 130 Å². The summed E-state index contributed by atoms with van der Waals surface area (Å²) in [5, 5.41) is 6.05. The third kappa shape index (κ3) is 2.90. The van der Waals surface area contributed by atoms with Crippen LogP contribution < -0.4 is 0 Å². The summed E-state index contributed by atoms with van der Waals surface area (Å²) in [5.74, 6) is 0. The minimum absolute atomic E-state index is 0.591. The Kier molecular flexibility index (Phi) is 4.53. The molecular formula is C26H19BrN2.